The van der Waals surface area contributed by atoms with Gasteiger partial charge in [0.2, 0.25) is 0 Å². The summed E-state index contributed by atoms with van der Waals surface area (Å²) in [5.74, 6) is 0.672. The van der Waals surface area contributed by atoms with Gasteiger partial charge in [-0.05, 0) is 23.9 Å². The minimum Gasteiger partial charge on any atom is -0.508 e. The second kappa shape index (κ2) is 3.82. The van der Waals surface area contributed by atoms with Crippen molar-refractivity contribution < 1.29 is 9.90 Å². The maximum Gasteiger partial charge on any atom is 0.259 e. The van der Waals surface area contributed by atoms with Gasteiger partial charge in [0.15, 0.2) is 0 Å². The lowest BCUT2D eigenvalue weighted by Crippen LogP contribution is -2.37. The molecule has 0 fully saturated rings. The maximum atomic E-state index is 12.4. The lowest BCUT2D eigenvalue weighted by molar-refractivity contribution is 0.0870. The van der Waals surface area contributed by atoms with E-state index >= 15 is 0 Å². The van der Waals surface area contributed by atoms with Crippen LogP contribution in [-0.4, -0.2) is 35.8 Å². The Balaban J connectivity index is 2.56. The molecule has 0 unspecified atom stereocenters. The van der Waals surface area contributed by atoms with E-state index in [1.807, 2.05) is 25.1 Å². The molecule has 1 amide bonds. The van der Waals surface area contributed by atoms with Gasteiger partial charge in [0, 0.05) is 25.0 Å². The molecule has 19 heavy (non-hydrogen) atoms. The molecule has 0 aromatic heterocycles. The zero-order valence-electron chi connectivity index (χ0n) is 11.1. The molecule has 0 bridgehead atoms. The Labute approximate surface area is 111 Å². The van der Waals surface area contributed by atoms with Gasteiger partial charge in [0.25, 0.3) is 5.91 Å². The fourth-order valence-electron chi connectivity index (χ4n) is 2.69. The first-order valence-corrected chi connectivity index (χ1v) is 6.06. The van der Waals surface area contributed by atoms with Crippen molar-refractivity contribution in [1.29, 1.82) is 0 Å². The van der Waals surface area contributed by atoms with Gasteiger partial charge < -0.3 is 5.11 Å². The molecule has 0 saturated carbocycles. The molecular weight excluding hydrogens is 240 g/mol. The van der Waals surface area contributed by atoms with Crippen molar-refractivity contribution in [2.45, 2.75) is 6.92 Å². The summed E-state index contributed by atoms with van der Waals surface area (Å²) in [6, 6.07) is 7.34. The molecule has 2 aromatic rings. The minimum atomic E-state index is -0.139. The highest BCUT2D eigenvalue weighted by atomic mass is 16.3. The molecule has 96 valence electrons. The Hall–Kier alpha value is -2.36. The standard InChI is InChI=1S/C15H14N2O2/c1-8-9-5-4-6-10-13(9)11(7-12(8)18)15(19)17(3)14(10)16-2/h4-7,18H,1-3H3. The molecule has 3 rings (SSSR count). The number of aromatic hydroxyl groups is 1. The highest BCUT2D eigenvalue weighted by Gasteiger charge is 2.29. The largest absolute Gasteiger partial charge is 0.508 e. The fourth-order valence-corrected chi connectivity index (χ4v) is 2.69. The van der Waals surface area contributed by atoms with Crippen molar-refractivity contribution >= 4 is 22.5 Å². The van der Waals surface area contributed by atoms with Gasteiger partial charge in [-0.25, -0.2) is 0 Å². The summed E-state index contributed by atoms with van der Waals surface area (Å²) >= 11 is 0. The van der Waals surface area contributed by atoms with Crippen molar-refractivity contribution in [3.63, 3.8) is 0 Å². The van der Waals surface area contributed by atoms with E-state index in [0.717, 1.165) is 21.9 Å². The number of phenols is 1. The summed E-state index contributed by atoms with van der Waals surface area (Å²) in [7, 11) is 3.37. The smallest absolute Gasteiger partial charge is 0.259 e. The zero-order chi connectivity index (χ0) is 13.7. The van der Waals surface area contributed by atoms with Crippen LogP contribution in [-0.2, 0) is 0 Å². The average Bonchev–Trinajstić information content (AvgIpc) is 2.41. The molecule has 1 aliphatic rings. The van der Waals surface area contributed by atoms with E-state index in [2.05, 4.69) is 4.99 Å². The van der Waals surface area contributed by atoms with Gasteiger partial charge in [0.1, 0.15) is 11.6 Å². The van der Waals surface area contributed by atoms with Crippen molar-refractivity contribution in [3.05, 3.63) is 41.0 Å². The molecule has 0 atom stereocenters. The molecular formula is C15H14N2O2. The molecule has 0 radical (unpaired) electrons. The number of aliphatic imine (C=N–C) groups is 1. The van der Waals surface area contributed by atoms with E-state index in [-0.39, 0.29) is 11.7 Å². The van der Waals surface area contributed by atoms with Crippen LogP contribution in [0, 0.1) is 6.92 Å². The summed E-state index contributed by atoms with van der Waals surface area (Å²) < 4.78 is 0. The van der Waals surface area contributed by atoms with Crippen LogP contribution in [0.4, 0.5) is 0 Å². The number of hydrogen-bond acceptors (Lipinski definition) is 3. The van der Waals surface area contributed by atoms with Crippen LogP contribution in [0.2, 0.25) is 0 Å². The number of rotatable bonds is 0. The third-order valence-electron chi connectivity index (χ3n) is 3.71. The fraction of sp³-hybridized carbons (Fsp3) is 0.200. The van der Waals surface area contributed by atoms with Crippen LogP contribution in [0.3, 0.4) is 0 Å². The van der Waals surface area contributed by atoms with Crippen molar-refractivity contribution in [1.82, 2.24) is 4.90 Å². The number of carbonyl (C=O) groups is 1. The Bertz CT molecular complexity index is 747. The summed E-state index contributed by atoms with van der Waals surface area (Å²) in [4.78, 5) is 18.1. The van der Waals surface area contributed by atoms with Gasteiger partial charge in [-0.15, -0.1) is 0 Å². The average molecular weight is 254 g/mol. The van der Waals surface area contributed by atoms with E-state index < -0.39 is 0 Å². The van der Waals surface area contributed by atoms with Gasteiger partial charge in [-0.3, -0.25) is 14.7 Å². The Morgan fingerprint density at radius 3 is 2.68 bits per heavy atom. The number of hydrogen-bond donors (Lipinski definition) is 1. The first-order valence-electron chi connectivity index (χ1n) is 6.06. The number of nitrogens with zero attached hydrogens (tertiary/aromatic N) is 2. The normalized spacial score (nSPS) is 16.5. The highest BCUT2D eigenvalue weighted by Crippen LogP contribution is 2.35. The lowest BCUT2D eigenvalue weighted by atomic mass is 9.91. The Kier molecular flexibility index (Phi) is 2.35. The lowest BCUT2D eigenvalue weighted by Gasteiger charge is -2.27. The predicted octanol–water partition coefficient (Wildman–Crippen LogP) is 2.32. The second-order valence-electron chi connectivity index (χ2n) is 4.71. The van der Waals surface area contributed by atoms with Gasteiger partial charge >= 0.3 is 0 Å². The molecule has 1 heterocycles. The van der Waals surface area contributed by atoms with Crippen LogP contribution in [0.1, 0.15) is 21.5 Å². The molecule has 1 aliphatic heterocycles. The van der Waals surface area contributed by atoms with E-state index in [9.17, 15) is 9.90 Å². The van der Waals surface area contributed by atoms with Crippen LogP contribution in [0.15, 0.2) is 29.3 Å². The first-order chi connectivity index (χ1) is 9.06. The molecule has 4 heteroatoms. The van der Waals surface area contributed by atoms with Gasteiger partial charge in [-0.1, -0.05) is 18.2 Å². The summed E-state index contributed by atoms with van der Waals surface area (Å²) in [6.45, 7) is 1.85. The molecule has 0 spiro atoms. The van der Waals surface area contributed by atoms with Crippen LogP contribution < -0.4 is 0 Å². The SMILES string of the molecule is CN=C1c2cccc3c(C)c(O)cc(c23)C(=O)N1C. The maximum absolute atomic E-state index is 12.4. The van der Waals surface area contributed by atoms with Crippen molar-refractivity contribution in [3.8, 4) is 5.75 Å². The summed E-state index contributed by atoms with van der Waals surface area (Å²) in [5.41, 5.74) is 2.25. The molecule has 2 aromatic carbocycles. The second-order valence-corrected chi connectivity index (χ2v) is 4.71. The van der Waals surface area contributed by atoms with Gasteiger partial charge in [-0.2, -0.15) is 0 Å². The number of carbonyl (C=O) groups excluding carboxylic acids is 1. The third-order valence-corrected chi connectivity index (χ3v) is 3.71. The third kappa shape index (κ3) is 1.40. The van der Waals surface area contributed by atoms with E-state index in [0.29, 0.717) is 11.4 Å². The highest BCUT2D eigenvalue weighted by molar-refractivity contribution is 6.27. The summed E-state index contributed by atoms with van der Waals surface area (Å²) in [5, 5.41) is 11.7. The van der Waals surface area contributed by atoms with Crippen LogP contribution in [0.5, 0.6) is 5.75 Å². The van der Waals surface area contributed by atoms with E-state index in [4.69, 9.17) is 0 Å². The molecule has 1 N–H and O–H groups in total. The van der Waals surface area contributed by atoms with E-state index in [1.165, 1.54) is 4.90 Å². The quantitative estimate of drug-likeness (QED) is 0.784. The monoisotopic (exact) mass is 254 g/mol. The van der Waals surface area contributed by atoms with Crippen LogP contribution >= 0.6 is 0 Å². The number of phenolic OH excluding ortho intramolecular Hbond substituents is 1. The first kappa shape index (κ1) is 11.7. The zero-order valence-corrected chi connectivity index (χ0v) is 11.1. The molecule has 0 aliphatic carbocycles. The number of aryl methyl sites for hydroxylation is 1. The van der Waals surface area contributed by atoms with Crippen molar-refractivity contribution in [2.24, 2.45) is 4.99 Å². The number of amides is 1. The van der Waals surface area contributed by atoms with Gasteiger partial charge in [0.05, 0.1) is 5.56 Å². The van der Waals surface area contributed by atoms with E-state index in [1.54, 1.807) is 20.2 Å². The number of benzene rings is 2. The minimum absolute atomic E-state index is 0.139. The predicted molar refractivity (Wildman–Crippen MR) is 74.9 cm³/mol. The Morgan fingerprint density at radius 2 is 2.00 bits per heavy atom. The van der Waals surface area contributed by atoms with Crippen LogP contribution in [0.25, 0.3) is 10.8 Å². The molecule has 0 saturated heterocycles. The van der Waals surface area contributed by atoms with Crippen molar-refractivity contribution in [2.75, 3.05) is 14.1 Å². The number of amidine groups is 1. The Morgan fingerprint density at radius 1 is 1.26 bits per heavy atom. The summed E-state index contributed by atoms with van der Waals surface area (Å²) in [6.07, 6.45) is 0. The topological polar surface area (TPSA) is 52.9 Å². The molecule has 4 nitrogen and oxygen atoms in total.